The molecule has 1 heteroatoms. The average Bonchev–Trinajstić information content (AvgIpc) is 2.27. The van der Waals surface area contributed by atoms with Crippen LogP contribution < -0.4 is 0 Å². The minimum Gasteiger partial charge on any atom is -0.206 e. The number of benzene rings is 2. The Kier molecular flexibility index (Phi) is 2.67. The van der Waals surface area contributed by atoms with E-state index in [1.54, 1.807) is 6.07 Å². The van der Waals surface area contributed by atoms with Gasteiger partial charge in [0.25, 0.3) is 0 Å². The molecule has 0 amide bonds. The normalized spacial score (nSPS) is 11.5. The summed E-state index contributed by atoms with van der Waals surface area (Å²) in [6.45, 7) is 6.31. The summed E-state index contributed by atoms with van der Waals surface area (Å²) >= 11 is 0. The maximum absolute atomic E-state index is 13.7. The molecule has 86 valence electrons. The molecule has 0 aliphatic rings. The Morgan fingerprint density at radius 2 is 1.82 bits per heavy atom. The molecular weight excluding hydrogens is 211 g/mol. The zero-order chi connectivity index (χ0) is 12.6. The first kappa shape index (κ1) is 11.7. The minimum absolute atomic E-state index is 0.0566. The Labute approximate surface area is 101 Å². The van der Waals surface area contributed by atoms with Crippen LogP contribution in [0.5, 0.6) is 0 Å². The second-order valence-corrected chi connectivity index (χ2v) is 5.22. The lowest BCUT2D eigenvalue weighted by molar-refractivity contribution is 0.594. The number of halogens is 1. The molecule has 2 aromatic rings. The van der Waals surface area contributed by atoms with Crippen molar-refractivity contribution in [1.29, 1.82) is 0 Å². The van der Waals surface area contributed by atoms with Gasteiger partial charge in [-0.3, -0.25) is 0 Å². The quantitative estimate of drug-likeness (QED) is 0.589. The van der Waals surface area contributed by atoms with Gasteiger partial charge in [0.1, 0.15) is 5.82 Å². The highest BCUT2D eigenvalue weighted by Gasteiger charge is 2.19. The Bertz CT molecular complexity index is 610. The Morgan fingerprint density at radius 1 is 1.12 bits per heavy atom. The van der Waals surface area contributed by atoms with Crippen LogP contribution in [0.15, 0.2) is 30.3 Å². The van der Waals surface area contributed by atoms with Crippen molar-refractivity contribution < 1.29 is 4.39 Å². The molecule has 0 spiro atoms. The molecule has 0 unspecified atom stereocenters. The summed E-state index contributed by atoms with van der Waals surface area (Å²) in [6.07, 6.45) is 5.44. The van der Waals surface area contributed by atoms with Gasteiger partial charge in [0.2, 0.25) is 0 Å². The highest BCUT2D eigenvalue weighted by molar-refractivity contribution is 5.92. The zero-order valence-corrected chi connectivity index (χ0v) is 10.3. The topological polar surface area (TPSA) is 0 Å². The van der Waals surface area contributed by atoms with Crippen LogP contribution in [0.1, 0.15) is 31.9 Å². The van der Waals surface area contributed by atoms with Crippen LogP contribution in [0, 0.1) is 18.2 Å². The van der Waals surface area contributed by atoms with Crippen LogP contribution in [0.3, 0.4) is 0 Å². The minimum atomic E-state index is -0.322. The summed E-state index contributed by atoms with van der Waals surface area (Å²) in [5.41, 5.74) is 1.40. The van der Waals surface area contributed by atoms with E-state index in [4.69, 9.17) is 6.42 Å². The van der Waals surface area contributed by atoms with Crippen molar-refractivity contribution in [3.8, 4) is 12.3 Å². The van der Waals surface area contributed by atoms with Gasteiger partial charge < -0.3 is 0 Å². The second-order valence-electron chi connectivity index (χ2n) is 5.22. The Morgan fingerprint density at radius 3 is 2.41 bits per heavy atom. The summed E-state index contributed by atoms with van der Waals surface area (Å²) in [7, 11) is 0. The molecule has 0 radical (unpaired) electrons. The Balaban J connectivity index is 2.97. The summed E-state index contributed by atoms with van der Waals surface area (Å²) in [5, 5.41) is 1.86. The molecule has 0 aliphatic heterocycles. The molecule has 0 fully saturated rings. The first-order valence-corrected chi connectivity index (χ1v) is 5.63. The molecule has 0 aliphatic carbocycles. The van der Waals surface area contributed by atoms with Gasteiger partial charge in [-0.1, -0.05) is 51.0 Å². The number of hydrogen-bond donors (Lipinski definition) is 0. The molecule has 0 saturated heterocycles. The third-order valence-corrected chi connectivity index (χ3v) is 2.95. The Hall–Kier alpha value is -1.81. The SMILES string of the molecule is C#Cc1c(F)ccc2cccc(C(C)(C)C)c12. The van der Waals surface area contributed by atoms with Gasteiger partial charge in [0.15, 0.2) is 0 Å². The summed E-state index contributed by atoms with van der Waals surface area (Å²) in [5.74, 6) is 2.15. The first-order chi connectivity index (χ1) is 7.95. The predicted molar refractivity (Wildman–Crippen MR) is 70.5 cm³/mol. The molecular formula is C16H15F. The van der Waals surface area contributed by atoms with Crippen LogP contribution >= 0.6 is 0 Å². The zero-order valence-electron chi connectivity index (χ0n) is 10.3. The molecule has 0 saturated carbocycles. The number of terminal acetylenes is 1. The molecule has 0 N–H and O–H groups in total. The standard InChI is InChI=1S/C16H15F/c1-5-12-14(17)10-9-11-7-6-8-13(15(11)12)16(2,3)4/h1,6-10H,2-4H3. The van der Waals surface area contributed by atoms with Gasteiger partial charge in [-0.2, -0.15) is 0 Å². The van der Waals surface area contributed by atoms with E-state index in [1.165, 1.54) is 6.07 Å². The molecule has 0 nitrogen and oxygen atoms in total. The summed E-state index contributed by atoms with van der Waals surface area (Å²) in [6, 6.07) is 9.18. The van der Waals surface area contributed by atoms with Crippen molar-refractivity contribution in [3.63, 3.8) is 0 Å². The van der Waals surface area contributed by atoms with Crippen LogP contribution in [0.4, 0.5) is 4.39 Å². The van der Waals surface area contributed by atoms with E-state index in [0.717, 1.165) is 16.3 Å². The van der Waals surface area contributed by atoms with E-state index in [0.29, 0.717) is 5.56 Å². The van der Waals surface area contributed by atoms with Gasteiger partial charge >= 0.3 is 0 Å². The van der Waals surface area contributed by atoms with Gasteiger partial charge in [-0.15, -0.1) is 6.42 Å². The number of fused-ring (bicyclic) bond motifs is 1. The van der Waals surface area contributed by atoms with Gasteiger partial charge in [-0.25, -0.2) is 4.39 Å². The largest absolute Gasteiger partial charge is 0.206 e. The highest BCUT2D eigenvalue weighted by atomic mass is 19.1. The third kappa shape index (κ3) is 1.91. The van der Waals surface area contributed by atoms with Crippen LogP contribution in [0.25, 0.3) is 10.8 Å². The van der Waals surface area contributed by atoms with E-state index in [-0.39, 0.29) is 11.2 Å². The summed E-state index contributed by atoms with van der Waals surface area (Å²) in [4.78, 5) is 0. The lowest BCUT2D eigenvalue weighted by Crippen LogP contribution is -2.12. The fourth-order valence-electron chi connectivity index (χ4n) is 2.12. The third-order valence-electron chi connectivity index (χ3n) is 2.95. The maximum atomic E-state index is 13.7. The predicted octanol–water partition coefficient (Wildman–Crippen LogP) is 4.26. The van der Waals surface area contributed by atoms with E-state index in [1.807, 2.05) is 18.2 Å². The molecule has 2 rings (SSSR count). The molecule has 2 aromatic carbocycles. The van der Waals surface area contributed by atoms with E-state index < -0.39 is 0 Å². The van der Waals surface area contributed by atoms with Crippen molar-refractivity contribution >= 4 is 10.8 Å². The first-order valence-electron chi connectivity index (χ1n) is 5.63. The number of rotatable bonds is 0. The van der Waals surface area contributed by atoms with Crippen LogP contribution in [-0.4, -0.2) is 0 Å². The van der Waals surface area contributed by atoms with E-state index in [2.05, 4.69) is 26.7 Å². The maximum Gasteiger partial charge on any atom is 0.139 e. The van der Waals surface area contributed by atoms with Crippen LogP contribution in [-0.2, 0) is 5.41 Å². The average molecular weight is 226 g/mol. The lowest BCUT2D eigenvalue weighted by Gasteiger charge is -2.22. The van der Waals surface area contributed by atoms with Gasteiger partial charge in [-0.05, 0) is 22.4 Å². The fourth-order valence-corrected chi connectivity index (χ4v) is 2.12. The highest BCUT2D eigenvalue weighted by Crippen LogP contribution is 2.32. The van der Waals surface area contributed by atoms with Crippen LogP contribution in [0.2, 0.25) is 0 Å². The molecule has 0 aromatic heterocycles. The molecule has 0 bridgehead atoms. The monoisotopic (exact) mass is 226 g/mol. The van der Waals surface area contributed by atoms with E-state index >= 15 is 0 Å². The molecule has 0 atom stereocenters. The van der Waals surface area contributed by atoms with Crippen molar-refractivity contribution in [2.75, 3.05) is 0 Å². The smallest absolute Gasteiger partial charge is 0.139 e. The van der Waals surface area contributed by atoms with Crippen molar-refractivity contribution in [3.05, 3.63) is 47.3 Å². The van der Waals surface area contributed by atoms with E-state index in [9.17, 15) is 4.39 Å². The number of hydrogen-bond acceptors (Lipinski definition) is 0. The van der Waals surface area contributed by atoms with Crippen molar-refractivity contribution in [2.24, 2.45) is 0 Å². The van der Waals surface area contributed by atoms with Gasteiger partial charge in [0, 0.05) is 5.39 Å². The molecule has 0 heterocycles. The summed E-state index contributed by atoms with van der Waals surface area (Å²) < 4.78 is 13.7. The molecule has 17 heavy (non-hydrogen) atoms. The van der Waals surface area contributed by atoms with Gasteiger partial charge in [0.05, 0.1) is 5.56 Å². The van der Waals surface area contributed by atoms with Crippen molar-refractivity contribution in [1.82, 2.24) is 0 Å². The lowest BCUT2D eigenvalue weighted by atomic mass is 9.82. The second kappa shape index (κ2) is 3.89. The van der Waals surface area contributed by atoms with Crippen molar-refractivity contribution in [2.45, 2.75) is 26.2 Å². The fraction of sp³-hybridized carbons (Fsp3) is 0.250.